The Morgan fingerprint density at radius 2 is 2.29 bits per heavy atom. The van der Waals surface area contributed by atoms with E-state index in [2.05, 4.69) is 9.55 Å². The summed E-state index contributed by atoms with van der Waals surface area (Å²) in [4.78, 5) is 4.37. The zero-order valence-corrected chi connectivity index (χ0v) is 9.22. The van der Waals surface area contributed by atoms with Gasteiger partial charge in [-0.1, -0.05) is 0 Å². The van der Waals surface area contributed by atoms with Gasteiger partial charge in [0.2, 0.25) is 0 Å². The number of aromatic nitrogens is 2. The van der Waals surface area contributed by atoms with Crippen molar-refractivity contribution in [2.45, 2.75) is 19.4 Å². The number of fused-ring (bicyclic) bond motifs is 1. The highest BCUT2D eigenvalue weighted by atomic mass is 16.3. The largest absolute Gasteiger partial charge is 0.507 e. The first-order valence-corrected chi connectivity index (χ1v) is 5.57. The average molecular weight is 225 g/mol. The van der Waals surface area contributed by atoms with Gasteiger partial charge in [-0.3, -0.25) is 0 Å². The van der Waals surface area contributed by atoms with Crippen LogP contribution in [0.1, 0.15) is 17.8 Å². The fourth-order valence-electron chi connectivity index (χ4n) is 2.27. The van der Waals surface area contributed by atoms with Crippen LogP contribution in [0.4, 0.5) is 0 Å². The fourth-order valence-corrected chi connectivity index (χ4v) is 2.27. The van der Waals surface area contributed by atoms with Gasteiger partial charge in [0, 0.05) is 18.5 Å². The van der Waals surface area contributed by atoms with Gasteiger partial charge < -0.3 is 9.67 Å². The summed E-state index contributed by atoms with van der Waals surface area (Å²) in [6.45, 7) is 0.980. The number of benzene rings is 1. The number of phenols is 1. The van der Waals surface area contributed by atoms with Crippen molar-refractivity contribution in [1.82, 2.24) is 9.55 Å². The molecule has 0 bridgehead atoms. The topological polar surface area (TPSA) is 61.8 Å². The van der Waals surface area contributed by atoms with Gasteiger partial charge in [-0.15, -0.1) is 0 Å². The van der Waals surface area contributed by atoms with Gasteiger partial charge in [-0.05, 0) is 24.6 Å². The molecule has 1 N–H and O–H groups in total. The van der Waals surface area contributed by atoms with E-state index < -0.39 is 0 Å². The molecule has 1 aliphatic heterocycles. The second kappa shape index (κ2) is 3.63. The molecule has 4 nitrogen and oxygen atoms in total. The van der Waals surface area contributed by atoms with Gasteiger partial charge in [-0.25, -0.2) is 4.98 Å². The molecule has 0 atom stereocenters. The van der Waals surface area contributed by atoms with Gasteiger partial charge in [-0.2, -0.15) is 5.26 Å². The van der Waals surface area contributed by atoms with Gasteiger partial charge in [0.1, 0.15) is 17.6 Å². The molecule has 1 aliphatic rings. The molecule has 2 aromatic rings. The van der Waals surface area contributed by atoms with Crippen LogP contribution >= 0.6 is 0 Å². The number of aromatic hydroxyl groups is 1. The van der Waals surface area contributed by atoms with Crippen molar-refractivity contribution < 1.29 is 5.11 Å². The van der Waals surface area contributed by atoms with Crippen molar-refractivity contribution in [2.75, 3.05) is 0 Å². The Morgan fingerprint density at radius 1 is 1.41 bits per heavy atom. The summed E-state index contributed by atoms with van der Waals surface area (Å²) < 4.78 is 2.17. The Morgan fingerprint density at radius 3 is 3.12 bits per heavy atom. The molecule has 0 saturated heterocycles. The summed E-state index contributed by atoms with van der Waals surface area (Å²) in [6, 6.07) is 7.07. The van der Waals surface area contributed by atoms with Crippen molar-refractivity contribution in [3.63, 3.8) is 0 Å². The molecule has 0 fully saturated rings. The van der Waals surface area contributed by atoms with Crippen LogP contribution in [0.5, 0.6) is 5.75 Å². The second-order valence-electron chi connectivity index (χ2n) is 4.16. The highest BCUT2D eigenvalue weighted by Crippen LogP contribution is 2.28. The molecule has 1 aromatic carbocycles. The number of hydrogen-bond acceptors (Lipinski definition) is 3. The minimum Gasteiger partial charge on any atom is -0.507 e. The Balaban J connectivity index is 2.13. The molecule has 1 aromatic heterocycles. The molecular formula is C13H11N3O. The number of hydrogen-bond donors (Lipinski definition) is 1. The van der Waals surface area contributed by atoms with Crippen LogP contribution in [0.2, 0.25) is 0 Å². The maximum absolute atomic E-state index is 9.48. The molecule has 4 heteroatoms. The molecule has 0 spiro atoms. The maximum Gasteiger partial charge on any atom is 0.133 e. The van der Waals surface area contributed by atoms with Crippen LogP contribution in [0.15, 0.2) is 24.4 Å². The number of nitrogens with zero attached hydrogens (tertiary/aromatic N) is 3. The standard InChI is InChI=1S/C13H11N3O/c14-7-10-6-9(3-4-12(10)17)11-8-15-13-2-1-5-16(11)13/h3-4,6,8,17H,1-2,5H2. The number of rotatable bonds is 1. The predicted octanol–water partition coefficient (Wildman–Crippen LogP) is 2.07. The van der Waals surface area contributed by atoms with Gasteiger partial charge in [0.25, 0.3) is 0 Å². The van der Waals surface area contributed by atoms with Crippen LogP contribution < -0.4 is 0 Å². The van der Waals surface area contributed by atoms with Gasteiger partial charge in [0.15, 0.2) is 0 Å². The fraction of sp³-hybridized carbons (Fsp3) is 0.231. The van der Waals surface area contributed by atoms with E-state index in [1.54, 1.807) is 12.1 Å². The molecule has 2 heterocycles. The molecule has 3 rings (SSSR count). The third-order valence-corrected chi connectivity index (χ3v) is 3.13. The first kappa shape index (κ1) is 9.91. The molecule has 84 valence electrons. The molecule has 0 saturated carbocycles. The Kier molecular flexibility index (Phi) is 2.12. The number of nitriles is 1. The van der Waals surface area contributed by atoms with Crippen LogP contribution in [-0.4, -0.2) is 14.7 Å². The highest BCUT2D eigenvalue weighted by Gasteiger charge is 2.17. The van der Waals surface area contributed by atoms with Crippen molar-refractivity contribution >= 4 is 0 Å². The summed E-state index contributed by atoms with van der Waals surface area (Å²) in [7, 11) is 0. The lowest BCUT2D eigenvalue weighted by Crippen LogP contribution is -1.95. The van der Waals surface area contributed by atoms with Gasteiger partial charge in [0.05, 0.1) is 17.5 Å². The number of phenolic OH excluding ortho intramolecular Hbond substituents is 1. The van der Waals surface area contributed by atoms with Crippen LogP contribution in [0, 0.1) is 11.3 Å². The SMILES string of the molecule is N#Cc1cc(-c2cnc3n2CCC3)ccc1O. The van der Waals surface area contributed by atoms with Crippen molar-refractivity contribution in [2.24, 2.45) is 0 Å². The van der Waals surface area contributed by atoms with E-state index >= 15 is 0 Å². The van der Waals surface area contributed by atoms with Crippen molar-refractivity contribution in [3.05, 3.63) is 35.8 Å². The second-order valence-corrected chi connectivity index (χ2v) is 4.16. The lowest BCUT2D eigenvalue weighted by atomic mass is 10.1. The molecule has 17 heavy (non-hydrogen) atoms. The first-order valence-electron chi connectivity index (χ1n) is 5.57. The summed E-state index contributed by atoms with van der Waals surface area (Å²) in [5.41, 5.74) is 2.25. The molecule has 0 unspecified atom stereocenters. The minimum atomic E-state index is 0.0254. The van der Waals surface area contributed by atoms with Gasteiger partial charge >= 0.3 is 0 Å². The lowest BCUT2D eigenvalue weighted by Gasteiger charge is -2.05. The van der Waals surface area contributed by atoms with E-state index in [4.69, 9.17) is 5.26 Å². The monoisotopic (exact) mass is 225 g/mol. The average Bonchev–Trinajstić information content (AvgIpc) is 2.92. The van der Waals surface area contributed by atoms with Crippen molar-refractivity contribution in [3.8, 4) is 23.1 Å². The first-order chi connectivity index (χ1) is 8.29. The van der Waals surface area contributed by atoms with E-state index in [0.29, 0.717) is 5.56 Å². The highest BCUT2D eigenvalue weighted by molar-refractivity contribution is 5.64. The molecular weight excluding hydrogens is 214 g/mol. The van der Waals surface area contributed by atoms with Crippen LogP contribution in [-0.2, 0) is 13.0 Å². The van der Waals surface area contributed by atoms with E-state index in [-0.39, 0.29) is 5.75 Å². The molecule has 0 amide bonds. The summed E-state index contributed by atoms with van der Waals surface area (Å²) in [5.74, 6) is 1.13. The Labute approximate surface area is 98.8 Å². The lowest BCUT2D eigenvalue weighted by molar-refractivity contribution is 0.473. The maximum atomic E-state index is 9.48. The van der Waals surface area contributed by atoms with E-state index in [9.17, 15) is 5.11 Å². The smallest absolute Gasteiger partial charge is 0.133 e. The van der Waals surface area contributed by atoms with Crippen LogP contribution in [0.25, 0.3) is 11.3 Å². The summed E-state index contributed by atoms with van der Waals surface area (Å²) in [5, 5.41) is 18.4. The van der Waals surface area contributed by atoms with E-state index in [1.165, 1.54) is 0 Å². The molecule has 0 radical (unpaired) electrons. The number of imidazole rings is 1. The van der Waals surface area contributed by atoms with Crippen molar-refractivity contribution in [1.29, 1.82) is 5.26 Å². The normalized spacial score (nSPS) is 13.4. The Hall–Kier alpha value is -2.28. The summed E-state index contributed by atoms with van der Waals surface area (Å²) in [6.07, 6.45) is 3.98. The zero-order valence-electron chi connectivity index (χ0n) is 9.22. The van der Waals surface area contributed by atoms with E-state index in [0.717, 1.165) is 36.5 Å². The molecule has 0 aliphatic carbocycles. The van der Waals surface area contributed by atoms with Crippen LogP contribution in [0.3, 0.4) is 0 Å². The predicted molar refractivity (Wildman–Crippen MR) is 62.4 cm³/mol. The summed E-state index contributed by atoms with van der Waals surface area (Å²) >= 11 is 0. The quantitative estimate of drug-likeness (QED) is 0.808. The minimum absolute atomic E-state index is 0.0254. The Bertz CT molecular complexity index is 622. The zero-order chi connectivity index (χ0) is 11.8. The third kappa shape index (κ3) is 1.48. The third-order valence-electron chi connectivity index (χ3n) is 3.13. The number of aryl methyl sites for hydroxylation is 1. The van der Waals surface area contributed by atoms with E-state index in [1.807, 2.05) is 18.3 Å².